The molecule has 0 atom stereocenters. The lowest BCUT2D eigenvalue weighted by Crippen LogP contribution is -2.25. The molecule has 0 radical (unpaired) electrons. The molecule has 0 amide bonds. The molecular weight excluding hydrogens is 212 g/mol. The van der Waals surface area contributed by atoms with Gasteiger partial charge in [-0.1, -0.05) is 0 Å². The van der Waals surface area contributed by atoms with Gasteiger partial charge in [-0.25, -0.2) is 0 Å². The summed E-state index contributed by atoms with van der Waals surface area (Å²) in [6.07, 6.45) is 0. The van der Waals surface area contributed by atoms with E-state index in [-0.39, 0.29) is 5.69 Å². The van der Waals surface area contributed by atoms with Crippen LogP contribution in [-0.2, 0) is 7.05 Å². The maximum atomic E-state index is 10.5. The minimum absolute atomic E-state index is 0.0718. The van der Waals surface area contributed by atoms with Crippen LogP contribution in [-0.4, -0.2) is 15.7 Å². The second-order valence-corrected chi connectivity index (χ2v) is 2.95. The molecule has 60 valence electrons. The zero-order valence-corrected chi connectivity index (χ0v) is 7.67. The van der Waals surface area contributed by atoms with Crippen molar-refractivity contribution in [2.24, 2.45) is 7.05 Å². The number of aromatic carboxylic acids is 1. The van der Waals surface area contributed by atoms with Crippen molar-refractivity contribution in [1.29, 1.82) is 0 Å². The Morgan fingerprint density at radius 2 is 2.27 bits per heavy atom. The number of carbonyl (C=O) groups is 1. The summed E-state index contributed by atoms with van der Waals surface area (Å²) in [4.78, 5) is 10.5. The largest absolute Gasteiger partial charge is 0.543 e. The number of aromatic nitrogens is 2. The van der Waals surface area contributed by atoms with Crippen LogP contribution in [0.2, 0.25) is 0 Å². The summed E-state index contributed by atoms with van der Waals surface area (Å²) in [5.41, 5.74) is 0.717. The molecule has 11 heavy (non-hydrogen) atoms. The lowest BCUT2D eigenvalue weighted by Gasteiger charge is -2.01. The average Bonchev–Trinajstić information content (AvgIpc) is 2.07. The first-order chi connectivity index (χ1) is 5.04. The van der Waals surface area contributed by atoms with E-state index in [2.05, 4.69) is 21.0 Å². The van der Waals surface area contributed by atoms with Crippen molar-refractivity contribution in [3.8, 4) is 0 Å². The summed E-state index contributed by atoms with van der Waals surface area (Å²) in [5, 5.41) is 14.3. The highest BCUT2D eigenvalue weighted by Crippen LogP contribution is 2.18. The molecule has 0 bridgehead atoms. The fourth-order valence-electron chi connectivity index (χ4n) is 0.854. The molecule has 1 rings (SSSR count). The molecule has 0 saturated carbocycles. The Kier molecular flexibility index (Phi) is 1.99. The first kappa shape index (κ1) is 8.26. The van der Waals surface area contributed by atoms with Crippen molar-refractivity contribution >= 4 is 21.9 Å². The van der Waals surface area contributed by atoms with Crippen molar-refractivity contribution < 1.29 is 9.90 Å². The van der Waals surface area contributed by atoms with E-state index in [1.54, 1.807) is 14.0 Å². The van der Waals surface area contributed by atoms with Gasteiger partial charge in [-0.3, -0.25) is 4.68 Å². The smallest absolute Gasteiger partial charge is 0.0978 e. The van der Waals surface area contributed by atoms with Crippen LogP contribution in [0.4, 0.5) is 0 Å². The van der Waals surface area contributed by atoms with Crippen LogP contribution in [0.15, 0.2) is 4.47 Å². The number of rotatable bonds is 1. The van der Waals surface area contributed by atoms with Crippen molar-refractivity contribution in [3.05, 3.63) is 15.9 Å². The Balaban J connectivity index is 3.34. The standard InChI is InChI=1S/C6H7BrN2O2/c1-3-4(7)5(6(10)11)9(2)8-3/h1-2H3,(H,10,11)/p-1. The summed E-state index contributed by atoms with van der Waals surface area (Å²) in [7, 11) is 1.56. The molecule has 0 unspecified atom stereocenters. The minimum atomic E-state index is -1.22. The van der Waals surface area contributed by atoms with E-state index in [0.29, 0.717) is 10.2 Å². The van der Waals surface area contributed by atoms with Crippen LogP contribution in [0, 0.1) is 6.92 Å². The van der Waals surface area contributed by atoms with Gasteiger partial charge >= 0.3 is 0 Å². The molecule has 0 fully saturated rings. The maximum Gasteiger partial charge on any atom is 0.0978 e. The van der Waals surface area contributed by atoms with Crippen LogP contribution >= 0.6 is 15.9 Å². The number of hydrogen-bond donors (Lipinski definition) is 0. The Hall–Kier alpha value is -0.840. The number of carbonyl (C=O) groups excluding carboxylic acids is 1. The van der Waals surface area contributed by atoms with E-state index < -0.39 is 5.97 Å². The highest BCUT2D eigenvalue weighted by Gasteiger charge is 2.10. The first-order valence-electron chi connectivity index (χ1n) is 2.94. The summed E-state index contributed by atoms with van der Waals surface area (Å²) in [6, 6.07) is 0. The zero-order chi connectivity index (χ0) is 8.59. The van der Waals surface area contributed by atoms with E-state index in [1.807, 2.05) is 0 Å². The van der Waals surface area contributed by atoms with Gasteiger partial charge in [0.2, 0.25) is 0 Å². The lowest BCUT2D eigenvalue weighted by molar-refractivity contribution is -0.255. The monoisotopic (exact) mass is 217 g/mol. The normalized spacial score (nSPS) is 10.1. The van der Waals surface area contributed by atoms with Crippen LogP contribution in [0.5, 0.6) is 0 Å². The molecule has 0 N–H and O–H groups in total. The summed E-state index contributed by atoms with van der Waals surface area (Å²) in [5.74, 6) is -1.22. The van der Waals surface area contributed by atoms with Gasteiger partial charge in [0.05, 0.1) is 21.8 Å². The Bertz CT molecular complexity index is 306. The second kappa shape index (κ2) is 2.65. The van der Waals surface area contributed by atoms with Gasteiger partial charge in [-0.15, -0.1) is 0 Å². The zero-order valence-electron chi connectivity index (χ0n) is 6.09. The highest BCUT2D eigenvalue weighted by atomic mass is 79.9. The third kappa shape index (κ3) is 1.28. The van der Waals surface area contributed by atoms with Crippen molar-refractivity contribution in [3.63, 3.8) is 0 Å². The molecule has 1 aromatic rings. The fourth-order valence-corrected chi connectivity index (χ4v) is 1.35. The van der Waals surface area contributed by atoms with E-state index in [9.17, 15) is 9.90 Å². The van der Waals surface area contributed by atoms with Gasteiger partial charge in [0.15, 0.2) is 0 Å². The molecule has 0 aliphatic carbocycles. The molecular formula is C6H6BrN2O2-. The molecule has 0 saturated heterocycles. The summed E-state index contributed by atoms with van der Waals surface area (Å²) >= 11 is 3.10. The van der Waals surface area contributed by atoms with Crippen molar-refractivity contribution in [2.45, 2.75) is 6.92 Å². The first-order valence-corrected chi connectivity index (χ1v) is 3.73. The third-order valence-electron chi connectivity index (χ3n) is 1.34. The molecule has 1 aromatic heterocycles. The molecule has 0 aliphatic rings. The average molecular weight is 218 g/mol. The molecule has 1 heterocycles. The van der Waals surface area contributed by atoms with Crippen LogP contribution < -0.4 is 5.11 Å². The number of nitrogens with zero attached hydrogens (tertiary/aromatic N) is 2. The van der Waals surface area contributed by atoms with Crippen molar-refractivity contribution in [1.82, 2.24) is 9.78 Å². The topological polar surface area (TPSA) is 58.0 Å². The van der Waals surface area contributed by atoms with Gasteiger partial charge in [0.1, 0.15) is 0 Å². The number of carboxylic acids is 1. The van der Waals surface area contributed by atoms with Crippen molar-refractivity contribution in [2.75, 3.05) is 0 Å². The Labute approximate surface area is 72.0 Å². The van der Waals surface area contributed by atoms with Crippen LogP contribution in [0.25, 0.3) is 0 Å². The fraction of sp³-hybridized carbons (Fsp3) is 0.333. The summed E-state index contributed by atoms with van der Waals surface area (Å²) in [6.45, 7) is 1.72. The quantitative estimate of drug-likeness (QED) is 0.658. The molecule has 0 aromatic carbocycles. The lowest BCUT2D eigenvalue weighted by atomic mass is 10.4. The van der Waals surface area contributed by atoms with Gasteiger partial charge in [-0.05, 0) is 22.9 Å². The highest BCUT2D eigenvalue weighted by molar-refractivity contribution is 9.10. The SMILES string of the molecule is Cc1nn(C)c(C(=O)[O-])c1Br. The van der Waals surface area contributed by atoms with Gasteiger partial charge in [0.25, 0.3) is 0 Å². The van der Waals surface area contributed by atoms with E-state index in [1.165, 1.54) is 4.68 Å². The maximum absolute atomic E-state index is 10.5. The summed E-state index contributed by atoms with van der Waals surface area (Å²) < 4.78 is 1.76. The number of carboxylic acid groups (broad SMARTS) is 1. The Morgan fingerprint density at radius 3 is 2.45 bits per heavy atom. The van der Waals surface area contributed by atoms with Gasteiger partial charge in [0, 0.05) is 7.05 Å². The van der Waals surface area contributed by atoms with Gasteiger partial charge < -0.3 is 9.90 Å². The number of halogens is 1. The van der Waals surface area contributed by atoms with Gasteiger partial charge in [-0.2, -0.15) is 5.10 Å². The number of aryl methyl sites for hydroxylation is 2. The Morgan fingerprint density at radius 1 is 1.73 bits per heavy atom. The third-order valence-corrected chi connectivity index (χ3v) is 2.29. The van der Waals surface area contributed by atoms with E-state index in [4.69, 9.17) is 0 Å². The molecule has 5 heteroatoms. The second-order valence-electron chi connectivity index (χ2n) is 2.16. The molecule has 4 nitrogen and oxygen atoms in total. The van der Waals surface area contributed by atoms with E-state index >= 15 is 0 Å². The predicted molar refractivity (Wildman–Crippen MR) is 40.0 cm³/mol. The minimum Gasteiger partial charge on any atom is -0.543 e. The molecule has 0 spiro atoms. The van der Waals surface area contributed by atoms with E-state index in [0.717, 1.165) is 0 Å². The molecule has 0 aliphatic heterocycles. The predicted octanol–water partition coefficient (Wildman–Crippen LogP) is -0.145. The van der Waals surface area contributed by atoms with Crippen LogP contribution in [0.3, 0.4) is 0 Å². The van der Waals surface area contributed by atoms with Crippen LogP contribution in [0.1, 0.15) is 16.2 Å². The number of hydrogen-bond acceptors (Lipinski definition) is 3.